The van der Waals surface area contributed by atoms with Gasteiger partial charge in [0.15, 0.2) is 0 Å². The minimum Gasteiger partial charge on any atom is -0.497 e. The Kier molecular flexibility index (Phi) is 9.79. The summed E-state index contributed by atoms with van der Waals surface area (Å²) < 4.78 is 10.7. The molecule has 0 saturated heterocycles. The Hall–Kier alpha value is -3.33. The summed E-state index contributed by atoms with van der Waals surface area (Å²) >= 11 is 1.70. The SMILES string of the molecule is C=S(NC(Cc1cccc(C(=N)N)c1)c1nc2ccc(OC)cc2s1)(=C1CC1)c1cccc(N(C)CCCC(C)CC)c1. The molecule has 6 nitrogen and oxygen atoms in total. The zero-order valence-corrected chi connectivity index (χ0v) is 27.5. The smallest absolute Gasteiger partial charge is 0.122 e. The number of ether oxygens (including phenoxy) is 1. The van der Waals surface area contributed by atoms with Crippen LogP contribution in [0.25, 0.3) is 10.2 Å². The molecule has 3 atom stereocenters. The van der Waals surface area contributed by atoms with Crippen LogP contribution in [0.1, 0.15) is 68.1 Å². The quantitative estimate of drug-likeness (QED) is 0.0763. The van der Waals surface area contributed by atoms with E-state index in [-0.39, 0.29) is 11.9 Å². The zero-order chi connectivity index (χ0) is 30.6. The minimum absolute atomic E-state index is 0.0666. The van der Waals surface area contributed by atoms with Crippen molar-refractivity contribution >= 4 is 53.2 Å². The second-order valence-electron chi connectivity index (χ2n) is 11.7. The third kappa shape index (κ3) is 7.43. The Balaban J connectivity index is 1.50. The number of methoxy groups -OCH3 is 1. The van der Waals surface area contributed by atoms with Crippen molar-refractivity contribution in [1.29, 1.82) is 5.41 Å². The van der Waals surface area contributed by atoms with Gasteiger partial charge < -0.3 is 15.4 Å². The van der Waals surface area contributed by atoms with Gasteiger partial charge in [-0.15, -0.1) is 20.7 Å². The van der Waals surface area contributed by atoms with E-state index in [1.807, 2.05) is 30.3 Å². The van der Waals surface area contributed by atoms with Crippen molar-refractivity contribution in [2.24, 2.45) is 11.7 Å². The van der Waals surface area contributed by atoms with E-state index in [0.29, 0.717) is 6.42 Å². The van der Waals surface area contributed by atoms with Crippen molar-refractivity contribution in [3.05, 3.63) is 82.9 Å². The molecule has 3 aromatic carbocycles. The fourth-order valence-corrected chi connectivity index (χ4v) is 9.26. The minimum atomic E-state index is -1.70. The third-order valence-corrected chi connectivity index (χ3v) is 12.7. The van der Waals surface area contributed by atoms with Gasteiger partial charge in [-0.3, -0.25) is 10.1 Å². The molecule has 0 radical (unpaired) electrons. The average molecular weight is 616 g/mol. The lowest BCUT2D eigenvalue weighted by molar-refractivity contribution is 0.415. The van der Waals surface area contributed by atoms with Crippen LogP contribution >= 0.6 is 20.7 Å². The molecule has 1 aliphatic carbocycles. The summed E-state index contributed by atoms with van der Waals surface area (Å²) in [5.74, 6) is 6.63. The van der Waals surface area contributed by atoms with E-state index in [1.54, 1.807) is 18.4 Å². The first-order chi connectivity index (χ1) is 20.7. The normalized spacial score (nSPS) is 15.6. The summed E-state index contributed by atoms with van der Waals surface area (Å²) in [4.78, 5) is 10.2. The monoisotopic (exact) mass is 615 g/mol. The van der Waals surface area contributed by atoms with Gasteiger partial charge in [0.1, 0.15) is 16.6 Å². The molecule has 1 saturated carbocycles. The van der Waals surface area contributed by atoms with Crippen molar-refractivity contribution in [3.63, 3.8) is 0 Å². The predicted molar refractivity (Wildman–Crippen MR) is 189 cm³/mol. The highest BCUT2D eigenvalue weighted by Crippen LogP contribution is 2.44. The van der Waals surface area contributed by atoms with Gasteiger partial charge in [-0.1, -0.05) is 50.4 Å². The van der Waals surface area contributed by atoms with E-state index < -0.39 is 9.39 Å². The highest BCUT2D eigenvalue weighted by atomic mass is 32.2. The molecule has 5 rings (SSSR count). The highest BCUT2D eigenvalue weighted by molar-refractivity contribution is 8.28. The van der Waals surface area contributed by atoms with Gasteiger partial charge in [0.2, 0.25) is 0 Å². The van der Waals surface area contributed by atoms with Crippen molar-refractivity contribution in [2.75, 3.05) is 25.6 Å². The van der Waals surface area contributed by atoms with E-state index in [1.165, 1.54) is 34.7 Å². The Morgan fingerprint density at radius 2 is 1.95 bits per heavy atom. The van der Waals surface area contributed by atoms with Crippen LogP contribution in [-0.2, 0) is 6.42 Å². The van der Waals surface area contributed by atoms with Crippen LogP contribution < -0.4 is 20.1 Å². The number of nitrogen functional groups attached to an aromatic ring is 1. The number of thiazole rings is 1. The van der Waals surface area contributed by atoms with Gasteiger partial charge >= 0.3 is 0 Å². The summed E-state index contributed by atoms with van der Waals surface area (Å²) in [6.07, 6.45) is 6.60. The maximum atomic E-state index is 7.97. The van der Waals surface area contributed by atoms with Crippen molar-refractivity contribution < 1.29 is 4.74 Å². The summed E-state index contributed by atoms with van der Waals surface area (Å²) in [5.41, 5.74) is 9.90. The number of hydrogen-bond acceptors (Lipinski definition) is 6. The molecular weight excluding hydrogens is 571 g/mol. The van der Waals surface area contributed by atoms with Gasteiger partial charge in [0, 0.05) is 29.7 Å². The van der Waals surface area contributed by atoms with Crippen LogP contribution in [0.5, 0.6) is 5.75 Å². The van der Waals surface area contributed by atoms with E-state index >= 15 is 0 Å². The van der Waals surface area contributed by atoms with Crippen molar-refractivity contribution in [1.82, 2.24) is 9.71 Å². The summed E-state index contributed by atoms with van der Waals surface area (Å²) in [7, 11) is 2.20. The van der Waals surface area contributed by atoms with E-state index in [0.717, 1.165) is 57.4 Å². The molecule has 8 heteroatoms. The van der Waals surface area contributed by atoms with Gasteiger partial charge in [0.05, 0.1) is 23.4 Å². The van der Waals surface area contributed by atoms with Crippen molar-refractivity contribution in [3.8, 4) is 5.75 Å². The first kappa shape index (κ1) is 31.1. The van der Waals surface area contributed by atoms with Crippen LogP contribution in [0.4, 0.5) is 5.69 Å². The van der Waals surface area contributed by atoms with Gasteiger partial charge in [-0.2, -0.15) is 0 Å². The molecule has 1 heterocycles. The largest absolute Gasteiger partial charge is 0.497 e. The lowest BCUT2D eigenvalue weighted by atomic mass is 10.0. The molecule has 4 aromatic rings. The number of aromatic nitrogens is 1. The molecule has 1 aliphatic rings. The van der Waals surface area contributed by atoms with E-state index in [2.05, 4.69) is 66.9 Å². The number of rotatable bonds is 14. The Morgan fingerprint density at radius 3 is 2.67 bits per heavy atom. The highest BCUT2D eigenvalue weighted by Gasteiger charge is 2.27. The molecule has 43 heavy (non-hydrogen) atoms. The average Bonchev–Trinajstić information content (AvgIpc) is 3.80. The van der Waals surface area contributed by atoms with Crippen LogP contribution in [0, 0.1) is 11.3 Å². The van der Waals surface area contributed by atoms with Gasteiger partial charge in [-0.25, -0.2) is 4.98 Å². The Morgan fingerprint density at radius 1 is 1.16 bits per heavy atom. The first-order valence-electron chi connectivity index (χ1n) is 15.2. The second-order valence-corrected chi connectivity index (χ2v) is 15.6. The predicted octanol–water partition coefficient (Wildman–Crippen LogP) is 7.90. The molecule has 228 valence electrons. The maximum absolute atomic E-state index is 7.97. The molecular formula is C35H45N5OS2. The number of hydrogen-bond donors (Lipinski definition) is 3. The number of fused-ring (bicyclic) bond motifs is 1. The first-order valence-corrected chi connectivity index (χ1v) is 17.8. The van der Waals surface area contributed by atoms with Crippen LogP contribution in [0.15, 0.2) is 71.6 Å². The maximum Gasteiger partial charge on any atom is 0.122 e. The molecule has 0 spiro atoms. The van der Waals surface area contributed by atoms with E-state index in [4.69, 9.17) is 26.7 Å². The van der Waals surface area contributed by atoms with Crippen LogP contribution in [-0.4, -0.2) is 42.3 Å². The molecule has 1 aromatic heterocycles. The third-order valence-electron chi connectivity index (χ3n) is 8.43. The number of nitrogens with one attached hydrogen (secondary N) is 2. The van der Waals surface area contributed by atoms with Crippen LogP contribution in [0.2, 0.25) is 0 Å². The molecule has 0 amide bonds. The zero-order valence-electron chi connectivity index (χ0n) is 25.9. The van der Waals surface area contributed by atoms with Gasteiger partial charge in [0.25, 0.3) is 0 Å². The van der Waals surface area contributed by atoms with Gasteiger partial charge in [-0.05, 0) is 90.9 Å². The Bertz CT molecular complexity index is 1710. The number of benzene rings is 3. The molecule has 1 fully saturated rings. The van der Waals surface area contributed by atoms with E-state index in [9.17, 15) is 0 Å². The topological polar surface area (TPSA) is 87.3 Å². The summed E-state index contributed by atoms with van der Waals surface area (Å²) in [5, 5.41) is 8.99. The number of nitrogens with two attached hydrogens (primary N) is 1. The number of amidine groups is 1. The fraction of sp³-hybridized carbons (Fsp3) is 0.371. The van der Waals surface area contributed by atoms with Crippen molar-refractivity contribution in [2.45, 2.75) is 63.3 Å². The lowest BCUT2D eigenvalue weighted by Crippen LogP contribution is -2.23. The molecule has 0 bridgehead atoms. The second kappa shape index (κ2) is 13.5. The summed E-state index contributed by atoms with van der Waals surface area (Å²) in [6.45, 7) is 5.66. The number of anilines is 1. The number of nitrogens with zero attached hydrogens (tertiary/aromatic N) is 2. The van der Waals surface area contributed by atoms with Crippen LogP contribution in [0.3, 0.4) is 0 Å². The Labute approximate surface area is 261 Å². The molecule has 3 unspecified atom stereocenters. The molecule has 0 aliphatic heterocycles. The standard InChI is InChI=1S/C35H45N5OS2/c1-6-24(2)10-9-19-40(3)27-13-8-14-30(22-27)43(5,29-16-17-29)39-32(21-25-11-7-12-26(20-25)34(36)37)35-38-31-18-15-28(41-4)23-33(31)42-35/h7-8,11-15,18,20,22-24,32,39H,5-6,9-10,16-17,19,21H2,1-4H3,(H3,36,37). The summed E-state index contributed by atoms with van der Waals surface area (Å²) in [6, 6.07) is 23.0. The lowest BCUT2D eigenvalue weighted by Gasteiger charge is -2.27. The molecule has 4 N–H and O–H groups in total. The fourth-order valence-electron chi connectivity index (χ4n) is 5.39.